The average molecular weight is 214 g/mol. The van der Waals surface area contributed by atoms with Crippen molar-refractivity contribution in [2.75, 3.05) is 19.7 Å². The summed E-state index contributed by atoms with van der Waals surface area (Å²) >= 11 is 0. The molecule has 2 unspecified atom stereocenters. The van der Waals surface area contributed by atoms with E-state index in [2.05, 4.69) is 33.0 Å². The summed E-state index contributed by atoms with van der Waals surface area (Å²) in [5.41, 5.74) is 6.02. The Balaban J connectivity index is 2.40. The van der Waals surface area contributed by atoms with Gasteiger partial charge in [-0.2, -0.15) is 0 Å². The largest absolute Gasteiger partial charge is 0.374 e. The number of nitrogens with one attached hydrogen (secondary N) is 1. The van der Waals surface area contributed by atoms with Crippen LogP contribution in [0.25, 0.3) is 0 Å². The van der Waals surface area contributed by atoms with Crippen molar-refractivity contribution >= 4 is 0 Å². The molecule has 0 amide bonds. The number of ether oxygens (including phenoxy) is 1. The molecule has 2 atom stereocenters. The van der Waals surface area contributed by atoms with Crippen molar-refractivity contribution in [3.8, 4) is 0 Å². The third-order valence-corrected chi connectivity index (χ3v) is 3.30. The molecule has 1 rings (SSSR count). The lowest BCUT2D eigenvalue weighted by Gasteiger charge is -2.34. The average Bonchev–Trinajstić information content (AvgIpc) is 2.51. The topological polar surface area (TPSA) is 47.3 Å². The molecule has 1 saturated heterocycles. The van der Waals surface area contributed by atoms with Gasteiger partial charge in [0.05, 0.1) is 5.60 Å². The summed E-state index contributed by atoms with van der Waals surface area (Å²) in [6, 6.07) is 0.360. The fourth-order valence-corrected chi connectivity index (χ4v) is 2.06. The predicted molar refractivity (Wildman–Crippen MR) is 63.9 cm³/mol. The van der Waals surface area contributed by atoms with Crippen LogP contribution in [0, 0.1) is 5.41 Å². The van der Waals surface area contributed by atoms with Gasteiger partial charge in [-0.25, -0.2) is 0 Å². The lowest BCUT2D eigenvalue weighted by molar-refractivity contribution is 0.0158. The first-order valence-corrected chi connectivity index (χ1v) is 5.95. The Kier molecular flexibility index (Phi) is 4.15. The summed E-state index contributed by atoms with van der Waals surface area (Å²) in [5.74, 6) is 0. The van der Waals surface area contributed by atoms with E-state index in [-0.39, 0.29) is 11.0 Å². The number of rotatable bonds is 4. The van der Waals surface area contributed by atoms with Crippen LogP contribution in [0.4, 0.5) is 0 Å². The van der Waals surface area contributed by atoms with Gasteiger partial charge in [-0.15, -0.1) is 0 Å². The van der Waals surface area contributed by atoms with E-state index in [9.17, 15) is 0 Å². The zero-order valence-electron chi connectivity index (χ0n) is 10.6. The van der Waals surface area contributed by atoms with E-state index in [1.165, 1.54) is 6.42 Å². The van der Waals surface area contributed by atoms with E-state index in [1.807, 2.05) is 0 Å². The first kappa shape index (κ1) is 12.9. The molecular formula is C12H26N2O. The van der Waals surface area contributed by atoms with Gasteiger partial charge in [0, 0.05) is 25.7 Å². The van der Waals surface area contributed by atoms with E-state index in [0.717, 1.165) is 19.6 Å². The maximum atomic E-state index is 5.78. The summed E-state index contributed by atoms with van der Waals surface area (Å²) < 4.78 is 5.74. The van der Waals surface area contributed by atoms with Crippen LogP contribution >= 0.6 is 0 Å². The predicted octanol–water partition coefficient (Wildman–Crippen LogP) is 1.52. The normalized spacial score (nSPS) is 29.4. The SMILES string of the molecule is CC1(CNC(CN)C(C)(C)C)CCCO1. The number of nitrogens with two attached hydrogens (primary N) is 1. The van der Waals surface area contributed by atoms with Crippen LogP contribution in [-0.2, 0) is 4.74 Å². The Morgan fingerprint density at radius 3 is 2.53 bits per heavy atom. The minimum Gasteiger partial charge on any atom is -0.374 e. The Bertz CT molecular complexity index is 192. The number of hydrogen-bond acceptors (Lipinski definition) is 3. The van der Waals surface area contributed by atoms with Gasteiger partial charge in [0.1, 0.15) is 0 Å². The van der Waals surface area contributed by atoms with Crippen LogP contribution in [0.2, 0.25) is 0 Å². The molecule has 0 aromatic heterocycles. The van der Waals surface area contributed by atoms with Crippen molar-refractivity contribution < 1.29 is 4.74 Å². The van der Waals surface area contributed by atoms with E-state index < -0.39 is 0 Å². The summed E-state index contributed by atoms with van der Waals surface area (Å²) in [7, 11) is 0. The highest BCUT2D eigenvalue weighted by atomic mass is 16.5. The molecule has 0 radical (unpaired) electrons. The van der Waals surface area contributed by atoms with E-state index in [0.29, 0.717) is 12.6 Å². The third-order valence-electron chi connectivity index (χ3n) is 3.30. The highest BCUT2D eigenvalue weighted by Gasteiger charge is 2.32. The second-order valence-corrected chi connectivity index (χ2v) is 5.94. The van der Waals surface area contributed by atoms with Gasteiger partial charge in [-0.1, -0.05) is 20.8 Å². The second kappa shape index (κ2) is 4.81. The summed E-state index contributed by atoms with van der Waals surface area (Å²) in [6.07, 6.45) is 2.34. The minimum atomic E-state index is 0.0265. The second-order valence-electron chi connectivity index (χ2n) is 5.94. The molecule has 3 heteroatoms. The van der Waals surface area contributed by atoms with E-state index >= 15 is 0 Å². The molecule has 1 aliphatic heterocycles. The lowest BCUT2D eigenvalue weighted by Crippen LogP contribution is -2.50. The minimum absolute atomic E-state index is 0.0265. The summed E-state index contributed by atoms with van der Waals surface area (Å²) in [4.78, 5) is 0. The van der Waals surface area contributed by atoms with E-state index in [1.54, 1.807) is 0 Å². The molecule has 1 fully saturated rings. The van der Waals surface area contributed by atoms with Gasteiger partial charge in [-0.3, -0.25) is 0 Å². The molecular weight excluding hydrogens is 188 g/mol. The van der Waals surface area contributed by atoms with Crippen molar-refractivity contribution in [3.63, 3.8) is 0 Å². The highest BCUT2D eigenvalue weighted by Crippen LogP contribution is 2.25. The maximum Gasteiger partial charge on any atom is 0.0779 e. The standard InChI is InChI=1S/C12H26N2O/c1-11(2,3)10(8-13)14-9-12(4)6-5-7-15-12/h10,14H,5-9,13H2,1-4H3. The Hall–Kier alpha value is -0.120. The molecule has 0 aromatic carbocycles. The monoisotopic (exact) mass is 214 g/mol. The summed E-state index contributed by atoms with van der Waals surface area (Å²) in [6.45, 7) is 11.3. The maximum absolute atomic E-state index is 5.78. The van der Waals surface area contributed by atoms with Crippen LogP contribution in [0.1, 0.15) is 40.5 Å². The summed E-state index contributed by atoms with van der Waals surface area (Å²) in [5, 5.41) is 3.54. The van der Waals surface area contributed by atoms with Crippen molar-refractivity contribution in [1.82, 2.24) is 5.32 Å². The van der Waals surface area contributed by atoms with Gasteiger partial charge in [-0.05, 0) is 25.2 Å². The van der Waals surface area contributed by atoms with Gasteiger partial charge in [0.2, 0.25) is 0 Å². The Morgan fingerprint density at radius 1 is 1.47 bits per heavy atom. The van der Waals surface area contributed by atoms with Gasteiger partial charge in [0.15, 0.2) is 0 Å². The molecule has 0 spiro atoms. The molecule has 3 N–H and O–H groups in total. The zero-order valence-corrected chi connectivity index (χ0v) is 10.6. The zero-order chi connectivity index (χ0) is 11.5. The highest BCUT2D eigenvalue weighted by molar-refractivity contribution is 4.88. The first-order valence-electron chi connectivity index (χ1n) is 5.95. The fraction of sp³-hybridized carbons (Fsp3) is 1.00. The van der Waals surface area contributed by atoms with Crippen molar-refractivity contribution in [3.05, 3.63) is 0 Å². The van der Waals surface area contributed by atoms with Crippen molar-refractivity contribution in [2.24, 2.45) is 11.1 Å². The Morgan fingerprint density at radius 2 is 2.13 bits per heavy atom. The molecule has 0 aromatic rings. The molecule has 0 aliphatic carbocycles. The molecule has 3 nitrogen and oxygen atoms in total. The molecule has 90 valence electrons. The lowest BCUT2D eigenvalue weighted by atomic mass is 9.86. The van der Waals surface area contributed by atoms with Crippen LogP contribution in [0.15, 0.2) is 0 Å². The van der Waals surface area contributed by atoms with Gasteiger partial charge < -0.3 is 15.8 Å². The third kappa shape index (κ3) is 3.74. The molecule has 0 bridgehead atoms. The van der Waals surface area contributed by atoms with Gasteiger partial charge >= 0.3 is 0 Å². The molecule has 0 saturated carbocycles. The van der Waals surface area contributed by atoms with Crippen LogP contribution < -0.4 is 11.1 Å². The van der Waals surface area contributed by atoms with Crippen LogP contribution in [0.5, 0.6) is 0 Å². The van der Waals surface area contributed by atoms with Crippen LogP contribution in [-0.4, -0.2) is 31.3 Å². The first-order chi connectivity index (χ1) is 6.87. The quantitative estimate of drug-likeness (QED) is 0.746. The smallest absolute Gasteiger partial charge is 0.0779 e. The van der Waals surface area contributed by atoms with Gasteiger partial charge in [0.25, 0.3) is 0 Å². The fourth-order valence-electron chi connectivity index (χ4n) is 2.06. The van der Waals surface area contributed by atoms with Crippen molar-refractivity contribution in [2.45, 2.75) is 52.2 Å². The molecule has 15 heavy (non-hydrogen) atoms. The van der Waals surface area contributed by atoms with Crippen LogP contribution in [0.3, 0.4) is 0 Å². The number of hydrogen-bond donors (Lipinski definition) is 2. The van der Waals surface area contributed by atoms with E-state index in [4.69, 9.17) is 10.5 Å². The Labute approximate surface area is 93.8 Å². The van der Waals surface area contributed by atoms with Crippen molar-refractivity contribution in [1.29, 1.82) is 0 Å². The molecule has 1 aliphatic rings. The molecule has 1 heterocycles.